The van der Waals surface area contributed by atoms with Gasteiger partial charge in [0.05, 0.1) is 5.02 Å². The van der Waals surface area contributed by atoms with Crippen LogP contribution in [0.2, 0.25) is 10.0 Å². The molecule has 4 rings (SSSR count). The van der Waals surface area contributed by atoms with E-state index in [2.05, 4.69) is 20.3 Å². The van der Waals surface area contributed by atoms with Crippen LogP contribution in [0.4, 0.5) is 8.78 Å². The zero-order chi connectivity index (χ0) is 26.7. The van der Waals surface area contributed by atoms with Crippen LogP contribution >= 0.6 is 23.2 Å². The lowest BCUT2D eigenvalue weighted by Gasteiger charge is -2.34. The third kappa shape index (κ3) is 5.85. The predicted octanol–water partition coefficient (Wildman–Crippen LogP) is 6.76. The van der Waals surface area contributed by atoms with Gasteiger partial charge in [-0.3, -0.25) is 9.78 Å². The highest BCUT2D eigenvalue weighted by Gasteiger charge is 2.47. The number of halogens is 4. The molecule has 1 aliphatic rings. The number of aromatic nitrogens is 3. The Morgan fingerprint density at radius 3 is 2.43 bits per heavy atom. The molecule has 2 N–H and O–H groups in total. The summed E-state index contributed by atoms with van der Waals surface area (Å²) < 4.78 is 27.7. The highest BCUT2D eigenvalue weighted by Crippen LogP contribution is 2.42. The van der Waals surface area contributed by atoms with E-state index in [1.807, 2.05) is 19.9 Å². The number of aromatic amines is 1. The van der Waals surface area contributed by atoms with Gasteiger partial charge >= 0.3 is 5.69 Å². The molecule has 1 saturated carbocycles. The first-order chi connectivity index (χ1) is 17.6. The van der Waals surface area contributed by atoms with Crippen LogP contribution in [-0.2, 0) is 11.3 Å². The van der Waals surface area contributed by atoms with Gasteiger partial charge in [0.2, 0.25) is 5.91 Å². The smallest absolute Gasteiger partial charge is 0.348 e. The first-order valence-corrected chi connectivity index (χ1v) is 13.0. The van der Waals surface area contributed by atoms with E-state index in [1.54, 1.807) is 30.3 Å². The Labute approximate surface area is 223 Å². The molecule has 0 unspecified atom stereocenters. The maximum Gasteiger partial charge on any atom is 0.348 e. The summed E-state index contributed by atoms with van der Waals surface area (Å²) in [5.74, 6) is -0.0676. The summed E-state index contributed by atoms with van der Waals surface area (Å²) in [6, 6.07) is 10.3. The van der Waals surface area contributed by atoms with Gasteiger partial charge < -0.3 is 5.32 Å². The van der Waals surface area contributed by atoms with Gasteiger partial charge in [-0.1, -0.05) is 62.4 Å². The molecule has 3 aromatic rings. The molecule has 2 aromatic carbocycles. The Morgan fingerprint density at radius 2 is 1.76 bits per heavy atom. The molecule has 0 spiro atoms. The number of nitrogens with one attached hydrogen (secondary N) is 2. The van der Waals surface area contributed by atoms with Crippen molar-refractivity contribution in [2.24, 2.45) is 5.41 Å². The average Bonchev–Trinajstić information content (AvgIpc) is 2.88. The fourth-order valence-electron chi connectivity index (χ4n) is 4.72. The second-order valence-corrected chi connectivity index (χ2v) is 10.5. The molecule has 10 heteroatoms. The predicted molar refractivity (Wildman–Crippen MR) is 141 cm³/mol. The van der Waals surface area contributed by atoms with Crippen LogP contribution in [0.25, 0.3) is 22.8 Å². The van der Waals surface area contributed by atoms with E-state index in [0.29, 0.717) is 39.6 Å². The Hall–Kier alpha value is -2.84. The molecule has 1 aromatic heterocycles. The highest BCUT2D eigenvalue weighted by molar-refractivity contribution is 6.33. The van der Waals surface area contributed by atoms with Gasteiger partial charge in [-0.2, -0.15) is 4.98 Å². The van der Waals surface area contributed by atoms with Crippen LogP contribution in [0.5, 0.6) is 0 Å². The zero-order valence-electron chi connectivity index (χ0n) is 20.6. The van der Waals surface area contributed by atoms with E-state index in [4.69, 9.17) is 23.2 Å². The fourth-order valence-corrected chi connectivity index (χ4v) is 5.26. The standard InChI is InChI=1S/C27H28Cl2F2N4O2/c1-15(2)18-13-17(7-9-20(18)28)22-33-23(35-26(37)34-22)19-12-16(6-8-21(19)29)14-32-25(36)27(24(30)31)10-4-3-5-11-27/h6-9,12-13,15,24H,3-5,10-11,14H2,1-2H3,(H,32,36)(H,33,34,35,37). The summed E-state index contributed by atoms with van der Waals surface area (Å²) in [5.41, 5.74) is 0.334. The molecule has 37 heavy (non-hydrogen) atoms. The lowest BCUT2D eigenvalue weighted by Crippen LogP contribution is -2.46. The van der Waals surface area contributed by atoms with Crippen molar-refractivity contribution in [3.05, 3.63) is 68.1 Å². The minimum atomic E-state index is -2.72. The highest BCUT2D eigenvalue weighted by atomic mass is 35.5. The second kappa shape index (κ2) is 11.3. The fraction of sp³-hybridized carbons (Fsp3) is 0.407. The van der Waals surface area contributed by atoms with Crippen molar-refractivity contribution in [3.63, 3.8) is 0 Å². The minimum Gasteiger partial charge on any atom is -0.351 e. The quantitative estimate of drug-likeness (QED) is 0.341. The van der Waals surface area contributed by atoms with Crippen molar-refractivity contribution in [1.82, 2.24) is 20.3 Å². The molecule has 1 heterocycles. The van der Waals surface area contributed by atoms with E-state index in [0.717, 1.165) is 12.0 Å². The topological polar surface area (TPSA) is 87.7 Å². The van der Waals surface area contributed by atoms with Gasteiger partial charge in [0.25, 0.3) is 6.43 Å². The van der Waals surface area contributed by atoms with Crippen molar-refractivity contribution < 1.29 is 13.6 Å². The second-order valence-electron chi connectivity index (χ2n) is 9.73. The van der Waals surface area contributed by atoms with Crippen LogP contribution in [0.3, 0.4) is 0 Å². The number of H-pyrrole nitrogens is 1. The molecule has 0 atom stereocenters. The van der Waals surface area contributed by atoms with Crippen molar-refractivity contribution in [2.45, 2.75) is 64.8 Å². The molecular weight excluding hydrogens is 521 g/mol. The maximum absolute atomic E-state index is 13.9. The van der Waals surface area contributed by atoms with E-state index in [1.165, 1.54) is 0 Å². The summed E-state index contributed by atoms with van der Waals surface area (Å²) in [6.07, 6.45) is -0.289. The third-order valence-electron chi connectivity index (χ3n) is 6.88. The largest absolute Gasteiger partial charge is 0.351 e. The van der Waals surface area contributed by atoms with Gasteiger partial charge in [0, 0.05) is 22.7 Å². The van der Waals surface area contributed by atoms with Gasteiger partial charge in [0.15, 0.2) is 5.82 Å². The number of benzene rings is 2. The van der Waals surface area contributed by atoms with Crippen LogP contribution in [0, 0.1) is 5.41 Å². The summed E-state index contributed by atoms with van der Waals surface area (Å²) in [4.78, 5) is 36.4. The Balaban J connectivity index is 1.62. The molecule has 0 radical (unpaired) electrons. The summed E-state index contributed by atoms with van der Waals surface area (Å²) in [5, 5.41) is 3.62. The number of carbonyl (C=O) groups is 1. The lowest BCUT2D eigenvalue weighted by atomic mass is 9.73. The SMILES string of the molecule is CC(C)c1cc(-c2nc(-c3cc(CNC(=O)C4(C(F)F)CCCCC4)ccc3Cl)[nH]c(=O)n2)ccc1Cl. The van der Waals surface area contributed by atoms with E-state index in [9.17, 15) is 18.4 Å². The molecule has 0 bridgehead atoms. The molecule has 0 saturated heterocycles. The number of amides is 1. The van der Waals surface area contributed by atoms with Crippen LogP contribution in [0.15, 0.2) is 41.2 Å². The van der Waals surface area contributed by atoms with Gasteiger partial charge in [0.1, 0.15) is 11.2 Å². The molecular formula is C27H28Cl2F2N4O2. The molecule has 1 aliphatic carbocycles. The number of hydrogen-bond acceptors (Lipinski definition) is 4. The van der Waals surface area contributed by atoms with Crippen molar-refractivity contribution in [2.75, 3.05) is 0 Å². The lowest BCUT2D eigenvalue weighted by molar-refractivity contribution is -0.144. The van der Waals surface area contributed by atoms with E-state index in [-0.39, 0.29) is 37.0 Å². The van der Waals surface area contributed by atoms with Gasteiger partial charge in [-0.15, -0.1) is 0 Å². The van der Waals surface area contributed by atoms with Crippen LogP contribution in [-0.4, -0.2) is 27.3 Å². The average molecular weight is 549 g/mol. The Bertz CT molecular complexity index is 1350. The normalized spacial score (nSPS) is 15.2. The first-order valence-electron chi connectivity index (χ1n) is 12.2. The molecule has 1 fully saturated rings. The van der Waals surface area contributed by atoms with Crippen molar-refractivity contribution >= 4 is 29.1 Å². The molecule has 6 nitrogen and oxygen atoms in total. The van der Waals surface area contributed by atoms with Crippen molar-refractivity contribution in [3.8, 4) is 22.8 Å². The summed E-state index contributed by atoms with van der Waals surface area (Å²) >= 11 is 12.7. The van der Waals surface area contributed by atoms with Crippen molar-refractivity contribution in [1.29, 1.82) is 0 Å². The monoisotopic (exact) mass is 548 g/mol. The molecule has 0 aliphatic heterocycles. The number of alkyl halides is 2. The third-order valence-corrected chi connectivity index (χ3v) is 7.56. The van der Waals surface area contributed by atoms with Gasteiger partial charge in [-0.05, 0) is 60.2 Å². The van der Waals surface area contributed by atoms with Gasteiger partial charge in [-0.25, -0.2) is 18.6 Å². The minimum absolute atomic E-state index is 0.0363. The van der Waals surface area contributed by atoms with E-state index >= 15 is 0 Å². The number of hydrogen-bond donors (Lipinski definition) is 2. The Kier molecular flexibility index (Phi) is 8.29. The van der Waals surface area contributed by atoms with Crippen LogP contribution < -0.4 is 11.0 Å². The number of carbonyl (C=O) groups excluding carboxylic acids is 1. The Morgan fingerprint density at radius 1 is 1.05 bits per heavy atom. The number of nitrogens with zero attached hydrogens (tertiary/aromatic N) is 2. The molecule has 196 valence electrons. The maximum atomic E-state index is 13.9. The zero-order valence-corrected chi connectivity index (χ0v) is 22.1. The van der Waals surface area contributed by atoms with E-state index < -0.39 is 23.4 Å². The summed E-state index contributed by atoms with van der Waals surface area (Å²) in [7, 11) is 0. The summed E-state index contributed by atoms with van der Waals surface area (Å²) in [6.45, 7) is 4.06. The van der Waals surface area contributed by atoms with Crippen LogP contribution in [0.1, 0.15) is 63.0 Å². The number of rotatable bonds is 7. The molecule has 1 amide bonds. The first kappa shape index (κ1) is 27.2.